The molecular formula is C15H30ClN3O2. The molecule has 1 aliphatic carbocycles. The van der Waals surface area contributed by atoms with E-state index < -0.39 is 6.04 Å². The predicted octanol–water partition coefficient (Wildman–Crippen LogP) is 1.59. The van der Waals surface area contributed by atoms with E-state index in [2.05, 4.69) is 10.6 Å². The summed E-state index contributed by atoms with van der Waals surface area (Å²) >= 11 is 0. The van der Waals surface area contributed by atoms with Crippen LogP contribution in [0.5, 0.6) is 0 Å². The maximum atomic E-state index is 11.7. The fourth-order valence-electron chi connectivity index (χ4n) is 2.53. The molecule has 1 aliphatic rings. The van der Waals surface area contributed by atoms with Gasteiger partial charge in [-0.3, -0.25) is 9.59 Å². The Morgan fingerprint density at radius 3 is 2.24 bits per heavy atom. The molecule has 1 fully saturated rings. The number of halogens is 1. The largest absolute Gasteiger partial charge is 0.354 e. The van der Waals surface area contributed by atoms with Crippen molar-refractivity contribution in [3.63, 3.8) is 0 Å². The van der Waals surface area contributed by atoms with Crippen molar-refractivity contribution in [2.45, 2.75) is 58.4 Å². The number of hydrogen-bond donors (Lipinski definition) is 3. The minimum atomic E-state index is -0.479. The SMILES string of the molecule is CC(C)[C@H](N)C(=O)NCCNC(=O)CC1CCCCC1.Cl. The Hall–Kier alpha value is -0.810. The zero-order valence-electron chi connectivity index (χ0n) is 13.2. The first-order valence-electron chi connectivity index (χ1n) is 7.80. The highest BCUT2D eigenvalue weighted by molar-refractivity contribution is 5.85. The highest BCUT2D eigenvalue weighted by Gasteiger charge is 2.18. The molecule has 0 aliphatic heterocycles. The van der Waals surface area contributed by atoms with Crippen LogP contribution in [0.15, 0.2) is 0 Å². The van der Waals surface area contributed by atoms with Crippen LogP contribution in [0.4, 0.5) is 0 Å². The van der Waals surface area contributed by atoms with E-state index in [9.17, 15) is 9.59 Å². The lowest BCUT2D eigenvalue weighted by Gasteiger charge is -2.21. The lowest BCUT2D eigenvalue weighted by Crippen LogP contribution is -2.46. The minimum absolute atomic E-state index is 0. The third kappa shape index (κ3) is 8.27. The van der Waals surface area contributed by atoms with Crippen LogP contribution in [0, 0.1) is 11.8 Å². The quantitative estimate of drug-likeness (QED) is 0.623. The number of carbonyl (C=O) groups is 2. The Kier molecular flexibility index (Phi) is 10.4. The van der Waals surface area contributed by atoms with Crippen molar-refractivity contribution in [3.05, 3.63) is 0 Å². The third-order valence-electron chi connectivity index (χ3n) is 3.97. The van der Waals surface area contributed by atoms with Gasteiger partial charge in [0.05, 0.1) is 6.04 Å². The zero-order chi connectivity index (χ0) is 15.0. The van der Waals surface area contributed by atoms with E-state index in [1.165, 1.54) is 32.1 Å². The van der Waals surface area contributed by atoms with Crippen LogP contribution in [0.3, 0.4) is 0 Å². The van der Waals surface area contributed by atoms with E-state index in [0.29, 0.717) is 25.4 Å². The maximum Gasteiger partial charge on any atom is 0.237 e. The predicted molar refractivity (Wildman–Crippen MR) is 87.3 cm³/mol. The molecule has 0 aromatic heterocycles. The number of carbonyl (C=O) groups excluding carboxylic acids is 2. The Morgan fingerprint density at radius 2 is 1.67 bits per heavy atom. The molecule has 0 bridgehead atoms. The van der Waals surface area contributed by atoms with Gasteiger partial charge in [0.1, 0.15) is 0 Å². The molecule has 0 heterocycles. The summed E-state index contributed by atoms with van der Waals surface area (Å²) in [6.07, 6.45) is 6.78. The van der Waals surface area contributed by atoms with Crippen molar-refractivity contribution in [2.75, 3.05) is 13.1 Å². The summed E-state index contributed by atoms with van der Waals surface area (Å²) < 4.78 is 0. The molecule has 0 unspecified atom stereocenters. The van der Waals surface area contributed by atoms with Crippen LogP contribution in [0.1, 0.15) is 52.4 Å². The monoisotopic (exact) mass is 319 g/mol. The zero-order valence-corrected chi connectivity index (χ0v) is 14.0. The first-order valence-corrected chi connectivity index (χ1v) is 7.80. The summed E-state index contributed by atoms with van der Waals surface area (Å²) in [7, 11) is 0. The van der Waals surface area contributed by atoms with Crippen molar-refractivity contribution in [1.82, 2.24) is 10.6 Å². The molecule has 6 heteroatoms. The number of nitrogens with one attached hydrogen (secondary N) is 2. The van der Waals surface area contributed by atoms with Gasteiger partial charge in [-0.05, 0) is 24.7 Å². The smallest absolute Gasteiger partial charge is 0.237 e. The second-order valence-corrected chi connectivity index (χ2v) is 6.12. The molecule has 1 atom stereocenters. The van der Waals surface area contributed by atoms with E-state index in [4.69, 9.17) is 5.73 Å². The van der Waals surface area contributed by atoms with Crippen molar-refractivity contribution in [3.8, 4) is 0 Å². The molecule has 21 heavy (non-hydrogen) atoms. The molecule has 0 radical (unpaired) electrons. The normalized spacial score (nSPS) is 17.0. The van der Waals surface area contributed by atoms with Gasteiger partial charge in [0.15, 0.2) is 0 Å². The Bertz CT molecular complexity index is 318. The summed E-state index contributed by atoms with van der Waals surface area (Å²) in [6, 6.07) is -0.479. The molecular weight excluding hydrogens is 290 g/mol. The van der Waals surface area contributed by atoms with Crippen LogP contribution in [-0.2, 0) is 9.59 Å². The summed E-state index contributed by atoms with van der Waals surface area (Å²) in [4.78, 5) is 23.3. The fourth-order valence-corrected chi connectivity index (χ4v) is 2.53. The van der Waals surface area contributed by atoms with Gasteiger partial charge in [0.2, 0.25) is 11.8 Å². The Balaban J connectivity index is 0.00000400. The fraction of sp³-hybridized carbons (Fsp3) is 0.867. The molecule has 1 rings (SSSR count). The van der Waals surface area contributed by atoms with Crippen LogP contribution in [0.25, 0.3) is 0 Å². The average Bonchev–Trinajstić information content (AvgIpc) is 2.43. The van der Waals surface area contributed by atoms with Gasteiger partial charge < -0.3 is 16.4 Å². The van der Waals surface area contributed by atoms with Crippen LogP contribution < -0.4 is 16.4 Å². The summed E-state index contributed by atoms with van der Waals surface area (Å²) in [5, 5.41) is 5.60. The van der Waals surface area contributed by atoms with E-state index in [0.717, 1.165) is 0 Å². The second kappa shape index (κ2) is 10.9. The van der Waals surface area contributed by atoms with Gasteiger partial charge in [-0.2, -0.15) is 0 Å². The molecule has 2 amide bonds. The Labute approximate surface area is 134 Å². The molecule has 4 N–H and O–H groups in total. The molecule has 0 aromatic rings. The van der Waals surface area contributed by atoms with Gasteiger partial charge in [0, 0.05) is 19.5 Å². The number of rotatable bonds is 7. The molecule has 0 saturated heterocycles. The number of hydrogen-bond acceptors (Lipinski definition) is 3. The summed E-state index contributed by atoms with van der Waals surface area (Å²) in [5.41, 5.74) is 5.73. The van der Waals surface area contributed by atoms with E-state index in [1.807, 2.05) is 13.8 Å². The van der Waals surface area contributed by atoms with Gasteiger partial charge >= 0.3 is 0 Å². The molecule has 0 spiro atoms. The van der Waals surface area contributed by atoms with Crippen LogP contribution >= 0.6 is 12.4 Å². The first-order chi connectivity index (χ1) is 9.50. The maximum absolute atomic E-state index is 11.7. The second-order valence-electron chi connectivity index (χ2n) is 6.12. The molecule has 1 saturated carbocycles. The third-order valence-corrected chi connectivity index (χ3v) is 3.97. The van der Waals surface area contributed by atoms with Crippen molar-refractivity contribution >= 4 is 24.2 Å². The topological polar surface area (TPSA) is 84.2 Å². The first kappa shape index (κ1) is 20.2. The van der Waals surface area contributed by atoms with Crippen LogP contribution in [0.2, 0.25) is 0 Å². The summed E-state index contributed by atoms with van der Waals surface area (Å²) in [6.45, 7) is 4.74. The summed E-state index contributed by atoms with van der Waals surface area (Å²) in [5.74, 6) is 0.615. The molecule has 124 valence electrons. The van der Waals surface area contributed by atoms with Gasteiger partial charge in [-0.25, -0.2) is 0 Å². The van der Waals surface area contributed by atoms with Crippen molar-refractivity contribution in [1.29, 1.82) is 0 Å². The van der Waals surface area contributed by atoms with E-state index in [1.54, 1.807) is 0 Å². The lowest BCUT2D eigenvalue weighted by atomic mass is 9.87. The van der Waals surface area contributed by atoms with Gasteiger partial charge in [0.25, 0.3) is 0 Å². The Morgan fingerprint density at radius 1 is 1.10 bits per heavy atom. The van der Waals surface area contributed by atoms with Gasteiger partial charge in [-0.15, -0.1) is 12.4 Å². The number of amides is 2. The van der Waals surface area contributed by atoms with Crippen molar-refractivity contribution < 1.29 is 9.59 Å². The lowest BCUT2D eigenvalue weighted by molar-refractivity contribution is -0.124. The van der Waals surface area contributed by atoms with Crippen LogP contribution in [-0.4, -0.2) is 30.9 Å². The van der Waals surface area contributed by atoms with Gasteiger partial charge in [-0.1, -0.05) is 33.1 Å². The number of nitrogens with two attached hydrogens (primary N) is 1. The standard InChI is InChI=1S/C15H29N3O2.ClH/c1-11(2)14(16)15(20)18-9-8-17-13(19)10-12-6-4-3-5-7-12;/h11-12,14H,3-10,16H2,1-2H3,(H,17,19)(H,18,20);1H/t14-;/m0./s1. The van der Waals surface area contributed by atoms with E-state index >= 15 is 0 Å². The highest BCUT2D eigenvalue weighted by atomic mass is 35.5. The minimum Gasteiger partial charge on any atom is -0.354 e. The van der Waals surface area contributed by atoms with E-state index in [-0.39, 0.29) is 30.1 Å². The molecule has 0 aromatic carbocycles. The highest BCUT2D eigenvalue weighted by Crippen LogP contribution is 2.25. The average molecular weight is 320 g/mol. The van der Waals surface area contributed by atoms with Crippen molar-refractivity contribution in [2.24, 2.45) is 17.6 Å². The molecule has 5 nitrogen and oxygen atoms in total.